The first-order valence-corrected chi connectivity index (χ1v) is 7.55. The van der Waals surface area contributed by atoms with E-state index in [2.05, 4.69) is 26.8 Å². The van der Waals surface area contributed by atoms with E-state index >= 15 is 0 Å². The molecule has 0 amide bonds. The number of ether oxygens (including phenoxy) is 1. The fourth-order valence-electron chi connectivity index (χ4n) is 2.40. The summed E-state index contributed by atoms with van der Waals surface area (Å²) in [4.78, 5) is 11.1. The van der Waals surface area contributed by atoms with Gasteiger partial charge in [-0.25, -0.2) is 0 Å². The van der Waals surface area contributed by atoms with Crippen molar-refractivity contribution in [1.29, 1.82) is 0 Å². The number of hydrogen-bond donors (Lipinski definition) is 2. The molecule has 0 aromatic heterocycles. The molecule has 0 radical (unpaired) electrons. The van der Waals surface area contributed by atoms with Gasteiger partial charge in [0.05, 0.1) is 6.61 Å². The van der Waals surface area contributed by atoms with Crippen LogP contribution in [-0.4, -0.2) is 23.2 Å². The van der Waals surface area contributed by atoms with Crippen molar-refractivity contribution in [1.82, 2.24) is 0 Å². The largest absolute Gasteiger partial charge is 0.494 e. The van der Waals surface area contributed by atoms with Gasteiger partial charge in [0.15, 0.2) is 0 Å². The van der Waals surface area contributed by atoms with E-state index in [0.717, 1.165) is 5.75 Å². The molecule has 1 rings (SSSR count). The molecule has 0 aliphatic rings. The highest BCUT2D eigenvalue weighted by molar-refractivity contribution is 5.78. The van der Waals surface area contributed by atoms with Gasteiger partial charge in [-0.15, -0.1) is 0 Å². The Morgan fingerprint density at radius 3 is 2.57 bits per heavy atom. The third kappa shape index (κ3) is 4.74. The predicted molar refractivity (Wildman–Crippen MR) is 84.8 cm³/mol. The molecule has 0 aliphatic heterocycles. The summed E-state index contributed by atoms with van der Waals surface area (Å²) in [5.41, 5.74) is 7.24. The molecule has 118 valence electrons. The molecule has 4 heteroatoms. The van der Waals surface area contributed by atoms with Gasteiger partial charge in [-0.3, -0.25) is 4.79 Å². The lowest BCUT2D eigenvalue weighted by atomic mass is 9.92. The smallest absolute Gasteiger partial charge is 0.323 e. The highest BCUT2D eigenvalue weighted by Gasteiger charge is 2.30. The fourth-order valence-corrected chi connectivity index (χ4v) is 2.40. The molecular formula is C17H27NO3. The Balaban J connectivity index is 2.50. The Kier molecular flexibility index (Phi) is 6.21. The van der Waals surface area contributed by atoms with Crippen LogP contribution in [-0.2, 0) is 4.79 Å². The number of rotatable bonds is 8. The number of carbonyl (C=O) groups is 1. The van der Waals surface area contributed by atoms with Crippen LogP contribution < -0.4 is 10.5 Å². The van der Waals surface area contributed by atoms with E-state index in [9.17, 15) is 4.79 Å². The third-order valence-electron chi connectivity index (χ3n) is 3.96. The second-order valence-electron chi connectivity index (χ2n) is 5.94. The summed E-state index contributed by atoms with van der Waals surface area (Å²) in [7, 11) is 0. The molecule has 21 heavy (non-hydrogen) atoms. The lowest BCUT2D eigenvalue weighted by molar-refractivity contribution is -0.143. The maximum absolute atomic E-state index is 11.1. The number of benzene rings is 1. The van der Waals surface area contributed by atoms with Crippen LogP contribution in [0.25, 0.3) is 0 Å². The predicted octanol–water partition coefficient (Wildman–Crippen LogP) is 3.47. The van der Waals surface area contributed by atoms with Gasteiger partial charge in [-0.05, 0) is 55.4 Å². The van der Waals surface area contributed by atoms with Gasteiger partial charge in [0.1, 0.15) is 11.3 Å². The first-order chi connectivity index (χ1) is 9.80. The second-order valence-corrected chi connectivity index (χ2v) is 5.94. The molecule has 0 aliphatic carbocycles. The van der Waals surface area contributed by atoms with E-state index in [0.29, 0.717) is 31.8 Å². The lowest BCUT2D eigenvalue weighted by Gasteiger charge is -2.22. The van der Waals surface area contributed by atoms with Crippen molar-refractivity contribution >= 4 is 5.97 Å². The van der Waals surface area contributed by atoms with Crippen molar-refractivity contribution in [2.24, 2.45) is 5.73 Å². The van der Waals surface area contributed by atoms with Crippen molar-refractivity contribution < 1.29 is 14.6 Å². The standard InChI is InChI=1S/C17H27NO3/c1-5-17(18,16(19)20)9-6-10-21-14-7-8-15(12(2)3)13(4)11-14/h7-8,11-12H,5-6,9-10,18H2,1-4H3,(H,19,20). The number of hydrogen-bond acceptors (Lipinski definition) is 3. The van der Waals surface area contributed by atoms with E-state index in [1.165, 1.54) is 11.1 Å². The number of aliphatic carboxylic acids is 1. The summed E-state index contributed by atoms with van der Waals surface area (Å²) < 4.78 is 5.69. The van der Waals surface area contributed by atoms with Gasteiger partial charge in [-0.2, -0.15) is 0 Å². The van der Waals surface area contributed by atoms with Gasteiger partial charge in [0.2, 0.25) is 0 Å². The summed E-state index contributed by atoms with van der Waals surface area (Å²) in [5, 5.41) is 9.10. The summed E-state index contributed by atoms with van der Waals surface area (Å²) >= 11 is 0. The topological polar surface area (TPSA) is 72.5 Å². The summed E-state index contributed by atoms with van der Waals surface area (Å²) in [6, 6.07) is 6.09. The Morgan fingerprint density at radius 2 is 2.10 bits per heavy atom. The van der Waals surface area contributed by atoms with Gasteiger partial charge in [-0.1, -0.05) is 26.8 Å². The molecule has 0 heterocycles. The molecule has 0 saturated heterocycles. The van der Waals surface area contributed by atoms with E-state index in [4.69, 9.17) is 15.6 Å². The average Bonchev–Trinajstić information content (AvgIpc) is 2.42. The van der Waals surface area contributed by atoms with Crippen LogP contribution in [0.2, 0.25) is 0 Å². The van der Waals surface area contributed by atoms with Gasteiger partial charge < -0.3 is 15.6 Å². The molecule has 1 aromatic rings. The van der Waals surface area contributed by atoms with Crippen LogP contribution in [0.4, 0.5) is 0 Å². The van der Waals surface area contributed by atoms with Gasteiger partial charge in [0, 0.05) is 0 Å². The maximum Gasteiger partial charge on any atom is 0.323 e. The average molecular weight is 293 g/mol. The minimum atomic E-state index is -1.14. The zero-order valence-electron chi connectivity index (χ0n) is 13.5. The van der Waals surface area contributed by atoms with Crippen LogP contribution >= 0.6 is 0 Å². The summed E-state index contributed by atoms with van der Waals surface area (Å²) in [6.07, 6.45) is 1.47. The molecule has 0 bridgehead atoms. The van der Waals surface area contributed by atoms with Gasteiger partial charge >= 0.3 is 5.97 Å². The SMILES string of the molecule is CCC(N)(CCCOc1ccc(C(C)C)c(C)c1)C(=O)O. The molecule has 1 atom stereocenters. The number of aryl methyl sites for hydroxylation is 1. The minimum absolute atomic E-state index is 0.419. The minimum Gasteiger partial charge on any atom is -0.494 e. The number of carboxylic acid groups (broad SMARTS) is 1. The molecule has 0 saturated carbocycles. The highest BCUT2D eigenvalue weighted by atomic mass is 16.5. The van der Waals surface area contributed by atoms with Gasteiger partial charge in [0.25, 0.3) is 0 Å². The monoisotopic (exact) mass is 293 g/mol. The molecule has 0 spiro atoms. The summed E-state index contributed by atoms with van der Waals surface area (Å²) in [5.74, 6) is 0.380. The first kappa shape index (κ1) is 17.5. The van der Waals surface area contributed by atoms with Crippen molar-refractivity contribution in [3.8, 4) is 5.75 Å². The van der Waals surface area contributed by atoms with Crippen molar-refractivity contribution in [3.63, 3.8) is 0 Å². The third-order valence-corrected chi connectivity index (χ3v) is 3.96. The first-order valence-electron chi connectivity index (χ1n) is 7.55. The van der Waals surface area contributed by atoms with Crippen LogP contribution in [0, 0.1) is 6.92 Å². The molecule has 4 nitrogen and oxygen atoms in total. The maximum atomic E-state index is 11.1. The Labute approximate surface area is 127 Å². The molecular weight excluding hydrogens is 266 g/mol. The normalized spacial score (nSPS) is 14.0. The molecule has 1 aromatic carbocycles. The summed E-state index contributed by atoms with van der Waals surface area (Å²) in [6.45, 7) is 8.69. The Bertz CT molecular complexity index is 485. The highest BCUT2D eigenvalue weighted by Crippen LogP contribution is 2.24. The Morgan fingerprint density at radius 1 is 1.43 bits per heavy atom. The van der Waals surface area contributed by atoms with Crippen molar-refractivity contribution in [2.75, 3.05) is 6.61 Å². The van der Waals surface area contributed by atoms with Crippen LogP contribution in [0.1, 0.15) is 57.1 Å². The fraction of sp³-hybridized carbons (Fsp3) is 0.588. The quantitative estimate of drug-likeness (QED) is 0.720. The van der Waals surface area contributed by atoms with Crippen molar-refractivity contribution in [2.45, 2.75) is 58.4 Å². The van der Waals surface area contributed by atoms with Crippen LogP contribution in [0.3, 0.4) is 0 Å². The lowest BCUT2D eigenvalue weighted by Crippen LogP contribution is -2.47. The van der Waals surface area contributed by atoms with Crippen LogP contribution in [0.15, 0.2) is 18.2 Å². The zero-order chi connectivity index (χ0) is 16.0. The second kappa shape index (κ2) is 7.46. The molecule has 1 unspecified atom stereocenters. The molecule has 0 fully saturated rings. The zero-order valence-corrected chi connectivity index (χ0v) is 13.5. The van der Waals surface area contributed by atoms with E-state index in [1.807, 2.05) is 12.1 Å². The van der Waals surface area contributed by atoms with Crippen molar-refractivity contribution in [3.05, 3.63) is 29.3 Å². The number of carboxylic acids is 1. The van der Waals surface area contributed by atoms with E-state index in [-0.39, 0.29) is 0 Å². The van der Waals surface area contributed by atoms with E-state index in [1.54, 1.807) is 6.92 Å². The van der Waals surface area contributed by atoms with E-state index < -0.39 is 11.5 Å². The molecule has 3 N–H and O–H groups in total. The van der Waals surface area contributed by atoms with Crippen LogP contribution in [0.5, 0.6) is 5.75 Å². The number of nitrogens with two attached hydrogens (primary N) is 1. The Hall–Kier alpha value is -1.55.